The highest BCUT2D eigenvalue weighted by Crippen LogP contribution is 2.36. The maximum absolute atomic E-state index is 13.0. The van der Waals surface area contributed by atoms with E-state index in [1.54, 1.807) is 12.1 Å². The van der Waals surface area contributed by atoms with Gasteiger partial charge >= 0.3 is 12.4 Å². The van der Waals surface area contributed by atoms with Gasteiger partial charge in [-0.3, -0.25) is 9.69 Å². The first-order chi connectivity index (χ1) is 14.1. The number of carbonyl (C=O) groups excluding carboxylic acids is 1. The summed E-state index contributed by atoms with van der Waals surface area (Å²) in [6.07, 6.45) is -5.59. The average Bonchev–Trinajstić information content (AvgIpc) is 3.21. The highest BCUT2D eigenvalue weighted by atomic mass is 19.4. The van der Waals surface area contributed by atoms with Crippen molar-refractivity contribution in [1.82, 2.24) is 10.2 Å². The summed E-state index contributed by atoms with van der Waals surface area (Å²) < 4.78 is 83.6. The molecule has 1 N–H and O–H groups in total. The second-order valence-electron chi connectivity index (χ2n) is 7.13. The first-order valence-electron chi connectivity index (χ1n) is 9.41. The zero-order valence-corrected chi connectivity index (χ0v) is 15.8. The summed E-state index contributed by atoms with van der Waals surface area (Å²) in [6.45, 7) is 1.50. The van der Waals surface area contributed by atoms with Crippen LogP contribution in [0.4, 0.5) is 26.3 Å². The monoisotopic (exact) mass is 434 g/mol. The van der Waals surface area contributed by atoms with Crippen LogP contribution >= 0.6 is 0 Å². The Labute approximate surface area is 168 Å². The van der Waals surface area contributed by atoms with E-state index in [0.29, 0.717) is 17.9 Å². The van der Waals surface area contributed by atoms with Crippen LogP contribution in [0.15, 0.2) is 41.0 Å². The van der Waals surface area contributed by atoms with Crippen molar-refractivity contribution in [2.45, 2.75) is 37.7 Å². The summed E-state index contributed by atoms with van der Waals surface area (Å²) in [6, 6.07) is 3.88. The molecule has 0 bridgehead atoms. The van der Waals surface area contributed by atoms with Crippen LogP contribution in [0.25, 0.3) is 0 Å². The number of carbonyl (C=O) groups is 1. The number of alkyl halides is 6. The van der Waals surface area contributed by atoms with Crippen LogP contribution in [-0.4, -0.2) is 30.4 Å². The topological polar surface area (TPSA) is 45.5 Å². The van der Waals surface area contributed by atoms with Crippen LogP contribution in [-0.2, 0) is 12.4 Å². The Kier molecular flexibility index (Phi) is 6.44. The molecule has 2 aromatic rings. The molecule has 0 saturated carbocycles. The van der Waals surface area contributed by atoms with E-state index in [2.05, 4.69) is 10.2 Å². The Balaban J connectivity index is 1.81. The quantitative estimate of drug-likeness (QED) is 0.652. The molecule has 30 heavy (non-hydrogen) atoms. The standard InChI is InChI=1S/C20H20F6N2O2/c21-19(22,23)14-9-13(10-15(11-14)20(24,25)26)18(29)27-12-16(17-5-4-8-30-17)28-6-2-1-3-7-28/h4-5,8-11,16H,1-3,6-7,12H2,(H,27,29)/t16-/m0/s1. The minimum Gasteiger partial charge on any atom is -0.468 e. The Morgan fingerprint density at radius 1 is 1.00 bits per heavy atom. The van der Waals surface area contributed by atoms with Crippen LogP contribution in [0.2, 0.25) is 0 Å². The molecule has 0 unspecified atom stereocenters. The molecule has 0 aliphatic carbocycles. The van der Waals surface area contributed by atoms with E-state index < -0.39 is 35.0 Å². The number of piperidine rings is 1. The summed E-state index contributed by atoms with van der Waals surface area (Å²) in [5, 5.41) is 2.47. The predicted octanol–water partition coefficient (Wildman–Crippen LogP) is 5.27. The van der Waals surface area contributed by atoms with Crippen molar-refractivity contribution in [2.24, 2.45) is 0 Å². The average molecular weight is 434 g/mol. The van der Waals surface area contributed by atoms with Gasteiger partial charge in [0.25, 0.3) is 5.91 Å². The highest BCUT2D eigenvalue weighted by Gasteiger charge is 2.37. The van der Waals surface area contributed by atoms with E-state index in [9.17, 15) is 31.1 Å². The molecule has 1 atom stereocenters. The Morgan fingerprint density at radius 3 is 2.10 bits per heavy atom. The molecule has 0 spiro atoms. The Morgan fingerprint density at radius 2 is 1.60 bits per heavy atom. The van der Waals surface area contributed by atoms with Crippen molar-refractivity contribution < 1.29 is 35.6 Å². The summed E-state index contributed by atoms with van der Waals surface area (Å²) >= 11 is 0. The molecular weight excluding hydrogens is 414 g/mol. The summed E-state index contributed by atoms with van der Waals surface area (Å²) in [7, 11) is 0. The van der Waals surface area contributed by atoms with Crippen LogP contribution in [0.3, 0.4) is 0 Å². The number of benzene rings is 1. The third-order valence-corrected chi connectivity index (χ3v) is 5.01. The third kappa shape index (κ3) is 5.35. The van der Waals surface area contributed by atoms with Crippen LogP contribution in [0.5, 0.6) is 0 Å². The molecule has 0 radical (unpaired) electrons. The van der Waals surface area contributed by atoms with Gasteiger partial charge < -0.3 is 9.73 Å². The lowest BCUT2D eigenvalue weighted by Crippen LogP contribution is -2.40. The minimum atomic E-state index is -5.01. The fourth-order valence-corrected chi connectivity index (χ4v) is 3.50. The summed E-state index contributed by atoms with van der Waals surface area (Å²) in [5.74, 6) is -0.447. The molecule has 1 amide bonds. The molecule has 4 nitrogen and oxygen atoms in total. The molecule has 10 heteroatoms. The van der Waals surface area contributed by atoms with E-state index >= 15 is 0 Å². The number of nitrogens with zero attached hydrogens (tertiary/aromatic N) is 1. The summed E-state index contributed by atoms with van der Waals surface area (Å²) in [5.41, 5.74) is -3.75. The van der Waals surface area contributed by atoms with Crippen molar-refractivity contribution in [3.8, 4) is 0 Å². The number of rotatable bonds is 5. The lowest BCUT2D eigenvalue weighted by atomic mass is 10.0. The third-order valence-electron chi connectivity index (χ3n) is 5.01. The maximum Gasteiger partial charge on any atom is 0.416 e. The molecule has 2 heterocycles. The molecule has 3 rings (SSSR count). The number of halogens is 6. The van der Waals surface area contributed by atoms with Gasteiger partial charge in [0.1, 0.15) is 5.76 Å². The summed E-state index contributed by atoms with van der Waals surface area (Å²) in [4.78, 5) is 14.5. The lowest BCUT2D eigenvalue weighted by Gasteiger charge is -2.33. The highest BCUT2D eigenvalue weighted by molar-refractivity contribution is 5.94. The first-order valence-corrected chi connectivity index (χ1v) is 9.41. The maximum atomic E-state index is 13.0. The zero-order chi connectivity index (χ0) is 21.9. The number of furan rings is 1. The van der Waals surface area contributed by atoms with Crippen LogP contribution in [0, 0.1) is 0 Å². The molecule has 1 aromatic carbocycles. The molecule has 1 saturated heterocycles. The van der Waals surface area contributed by atoms with Crippen LogP contribution in [0.1, 0.15) is 52.5 Å². The normalized spacial score (nSPS) is 17.0. The number of amides is 1. The molecule has 1 fully saturated rings. The molecule has 1 aliphatic heterocycles. The van der Waals surface area contributed by atoms with Gasteiger partial charge in [-0.1, -0.05) is 6.42 Å². The van der Waals surface area contributed by atoms with Crippen molar-refractivity contribution in [3.05, 3.63) is 59.0 Å². The second kappa shape index (κ2) is 8.71. The lowest BCUT2D eigenvalue weighted by molar-refractivity contribution is -0.143. The van der Waals surface area contributed by atoms with Gasteiger partial charge in [-0.15, -0.1) is 0 Å². The smallest absolute Gasteiger partial charge is 0.416 e. The van der Waals surface area contributed by atoms with E-state index in [1.807, 2.05) is 0 Å². The van der Waals surface area contributed by atoms with E-state index in [0.717, 1.165) is 32.4 Å². The van der Waals surface area contributed by atoms with Gasteiger partial charge in [-0.05, 0) is 56.3 Å². The predicted molar refractivity (Wildman–Crippen MR) is 95.7 cm³/mol. The van der Waals surface area contributed by atoms with E-state index in [4.69, 9.17) is 4.42 Å². The fraction of sp³-hybridized carbons (Fsp3) is 0.450. The number of hydrogen-bond acceptors (Lipinski definition) is 3. The largest absolute Gasteiger partial charge is 0.468 e. The second-order valence-corrected chi connectivity index (χ2v) is 7.13. The first kappa shape index (κ1) is 22.2. The van der Waals surface area contributed by atoms with Crippen molar-refractivity contribution in [1.29, 1.82) is 0 Å². The molecule has 164 valence electrons. The van der Waals surface area contributed by atoms with Gasteiger partial charge in [0, 0.05) is 12.1 Å². The number of likely N-dealkylation sites (tertiary alicyclic amines) is 1. The molecule has 1 aliphatic rings. The van der Waals surface area contributed by atoms with Crippen molar-refractivity contribution in [3.63, 3.8) is 0 Å². The van der Waals surface area contributed by atoms with Gasteiger partial charge in [0.05, 0.1) is 23.4 Å². The Hall–Kier alpha value is -2.49. The van der Waals surface area contributed by atoms with E-state index in [1.165, 1.54) is 6.26 Å². The van der Waals surface area contributed by atoms with E-state index in [-0.39, 0.29) is 18.7 Å². The van der Waals surface area contributed by atoms with Gasteiger partial charge in [0.15, 0.2) is 0 Å². The SMILES string of the molecule is O=C(NC[C@@H](c1ccco1)N1CCCCC1)c1cc(C(F)(F)F)cc(C(F)(F)F)c1. The van der Waals surface area contributed by atoms with Crippen molar-refractivity contribution >= 4 is 5.91 Å². The minimum absolute atomic E-state index is 0.00381. The Bertz CT molecular complexity index is 823. The van der Waals surface area contributed by atoms with Crippen molar-refractivity contribution in [2.75, 3.05) is 19.6 Å². The zero-order valence-electron chi connectivity index (χ0n) is 15.8. The molecular formula is C20H20F6N2O2. The van der Waals surface area contributed by atoms with Crippen LogP contribution < -0.4 is 5.32 Å². The van der Waals surface area contributed by atoms with Gasteiger partial charge in [0.2, 0.25) is 0 Å². The number of nitrogens with one attached hydrogen (secondary N) is 1. The van der Waals surface area contributed by atoms with Gasteiger partial charge in [-0.25, -0.2) is 0 Å². The number of hydrogen-bond donors (Lipinski definition) is 1. The van der Waals surface area contributed by atoms with Gasteiger partial charge in [-0.2, -0.15) is 26.3 Å². The molecule has 1 aromatic heterocycles. The fourth-order valence-electron chi connectivity index (χ4n) is 3.50.